The molecule has 0 saturated carbocycles. The number of hydrogen-bond acceptors (Lipinski definition) is 5. The molecular formula is C22H16F2N2O4. The van der Waals surface area contributed by atoms with Gasteiger partial charge in [0.25, 0.3) is 5.91 Å². The molecule has 0 radical (unpaired) electrons. The largest absolute Gasteiger partial charge is 0.464 e. The minimum Gasteiger partial charge on any atom is -0.464 e. The molecule has 152 valence electrons. The molecule has 1 atom stereocenters. The van der Waals surface area contributed by atoms with Crippen LogP contribution in [0.3, 0.4) is 0 Å². The number of fused-ring (bicyclic) bond motifs is 2. The molecule has 1 N–H and O–H groups in total. The summed E-state index contributed by atoms with van der Waals surface area (Å²) in [6, 6.07) is 11.0. The molecule has 30 heavy (non-hydrogen) atoms. The summed E-state index contributed by atoms with van der Waals surface area (Å²) in [5, 5.41) is 2.70. The number of pyridine rings is 1. The van der Waals surface area contributed by atoms with E-state index >= 15 is 0 Å². The normalized spacial score (nSPS) is 16.1. The molecule has 1 unspecified atom stereocenters. The molecule has 3 aromatic rings. The molecule has 2 aliphatic heterocycles. The molecule has 0 fully saturated rings. The monoisotopic (exact) mass is 410 g/mol. The fourth-order valence-corrected chi connectivity index (χ4v) is 3.57. The third-order valence-corrected chi connectivity index (χ3v) is 5.09. The summed E-state index contributed by atoms with van der Waals surface area (Å²) in [5.74, 6) is -0.480. The molecule has 0 bridgehead atoms. The summed E-state index contributed by atoms with van der Waals surface area (Å²) in [6.45, 7) is 0.255. The zero-order valence-corrected chi connectivity index (χ0v) is 15.7. The van der Waals surface area contributed by atoms with E-state index in [0.717, 1.165) is 28.8 Å². The Kier molecular flexibility index (Phi) is 4.46. The molecule has 8 heteroatoms. The molecule has 5 rings (SSSR count). The number of hydrogen-bond donors (Lipinski definition) is 1. The topological polar surface area (TPSA) is 69.7 Å². The van der Waals surface area contributed by atoms with Gasteiger partial charge in [0.2, 0.25) is 12.7 Å². The van der Waals surface area contributed by atoms with Crippen LogP contribution in [0.25, 0.3) is 11.1 Å². The van der Waals surface area contributed by atoms with Crippen molar-refractivity contribution in [3.05, 3.63) is 71.4 Å². The van der Waals surface area contributed by atoms with Crippen molar-refractivity contribution in [2.24, 2.45) is 0 Å². The highest BCUT2D eigenvalue weighted by atomic mass is 19.2. The Balaban J connectivity index is 1.31. The number of amides is 1. The van der Waals surface area contributed by atoms with Crippen molar-refractivity contribution >= 4 is 5.91 Å². The van der Waals surface area contributed by atoms with Gasteiger partial charge in [-0.1, -0.05) is 12.1 Å². The van der Waals surface area contributed by atoms with Crippen molar-refractivity contribution in [2.75, 3.05) is 6.79 Å². The summed E-state index contributed by atoms with van der Waals surface area (Å²) in [5.41, 5.74) is 3.08. The molecule has 2 aromatic carbocycles. The maximum Gasteiger partial charge on any atom is 0.261 e. The van der Waals surface area contributed by atoms with Crippen molar-refractivity contribution < 1.29 is 27.8 Å². The Morgan fingerprint density at radius 3 is 2.80 bits per heavy atom. The van der Waals surface area contributed by atoms with Crippen LogP contribution >= 0.6 is 0 Å². The van der Waals surface area contributed by atoms with Crippen LogP contribution in [0.15, 0.2) is 48.7 Å². The fraction of sp³-hybridized carbons (Fsp3) is 0.182. The summed E-state index contributed by atoms with van der Waals surface area (Å²) in [4.78, 5) is 16.8. The van der Waals surface area contributed by atoms with Crippen molar-refractivity contribution in [3.63, 3.8) is 0 Å². The molecular weight excluding hydrogens is 394 g/mol. The summed E-state index contributed by atoms with van der Waals surface area (Å²) >= 11 is 0. The Bertz CT molecular complexity index is 1150. The SMILES string of the molecule is O=C(NCc1ccc(F)c(F)c1)C1Cc2c(-c3ccc4c(c3)OCO4)ccnc2O1. The first kappa shape index (κ1) is 18.4. The van der Waals surface area contributed by atoms with Gasteiger partial charge in [-0.3, -0.25) is 4.79 Å². The minimum atomic E-state index is -0.955. The Hall–Kier alpha value is -3.68. The summed E-state index contributed by atoms with van der Waals surface area (Å²) in [6.07, 6.45) is 1.21. The minimum absolute atomic E-state index is 0.0642. The van der Waals surface area contributed by atoms with E-state index in [4.69, 9.17) is 14.2 Å². The predicted molar refractivity (Wildman–Crippen MR) is 102 cm³/mol. The maximum atomic E-state index is 13.3. The standard InChI is InChI=1S/C22H16F2N2O4/c23-16-3-1-12(7-17(16)24)10-26-21(27)20-9-15-14(5-6-25-22(15)30-20)13-2-4-18-19(8-13)29-11-28-18/h1-8,20H,9-11H2,(H,26,27). The Labute approximate surface area is 170 Å². The zero-order valence-electron chi connectivity index (χ0n) is 15.7. The van der Waals surface area contributed by atoms with E-state index in [0.29, 0.717) is 29.4 Å². The lowest BCUT2D eigenvalue weighted by Crippen LogP contribution is -2.37. The van der Waals surface area contributed by atoms with Crippen LogP contribution in [-0.2, 0) is 17.8 Å². The quantitative estimate of drug-likeness (QED) is 0.714. The zero-order chi connectivity index (χ0) is 20.7. The van der Waals surface area contributed by atoms with E-state index in [2.05, 4.69) is 10.3 Å². The molecule has 0 spiro atoms. The second kappa shape index (κ2) is 7.29. The van der Waals surface area contributed by atoms with Gasteiger partial charge in [0.1, 0.15) is 0 Å². The van der Waals surface area contributed by atoms with Crippen LogP contribution in [0.1, 0.15) is 11.1 Å². The van der Waals surface area contributed by atoms with Crippen LogP contribution in [0.2, 0.25) is 0 Å². The van der Waals surface area contributed by atoms with E-state index < -0.39 is 17.7 Å². The average molecular weight is 410 g/mol. The van der Waals surface area contributed by atoms with Crippen LogP contribution in [-0.4, -0.2) is 23.8 Å². The van der Waals surface area contributed by atoms with E-state index in [1.54, 1.807) is 6.20 Å². The van der Waals surface area contributed by atoms with Gasteiger partial charge in [-0.05, 0) is 47.0 Å². The molecule has 0 saturated heterocycles. The lowest BCUT2D eigenvalue weighted by atomic mass is 9.98. The van der Waals surface area contributed by atoms with Gasteiger partial charge in [-0.15, -0.1) is 0 Å². The number of ether oxygens (including phenoxy) is 3. The molecule has 6 nitrogen and oxygen atoms in total. The van der Waals surface area contributed by atoms with Crippen molar-refractivity contribution in [1.29, 1.82) is 0 Å². The van der Waals surface area contributed by atoms with Crippen LogP contribution in [0.5, 0.6) is 17.4 Å². The van der Waals surface area contributed by atoms with Gasteiger partial charge in [0.05, 0.1) is 0 Å². The highest BCUT2D eigenvalue weighted by molar-refractivity contribution is 5.83. The van der Waals surface area contributed by atoms with Crippen LogP contribution in [0, 0.1) is 11.6 Å². The smallest absolute Gasteiger partial charge is 0.261 e. The van der Waals surface area contributed by atoms with E-state index in [1.807, 2.05) is 24.3 Å². The molecule has 0 aliphatic carbocycles. The predicted octanol–water partition coefficient (Wildman–Crippen LogP) is 3.38. The van der Waals surface area contributed by atoms with Crippen molar-refractivity contribution in [2.45, 2.75) is 19.1 Å². The first-order chi connectivity index (χ1) is 14.6. The number of halogens is 2. The first-order valence-corrected chi connectivity index (χ1v) is 9.34. The number of rotatable bonds is 4. The van der Waals surface area contributed by atoms with Gasteiger partial charge in [-0.2, -0.15) is 0 Å². The fourth-order valence-electron chi connectivity index (χ4n) is 3.57. The highest BCUT2D eigenvalue weighted by Gasteiger charge is 2.32. The highest BCUT2D eigenvalue weighted by Crippen LogP contribution is 2.40. The van der Waals surface area contributed by atoms with Crippen molar-refractivity contribution in [3.8, 4) is 28.5 Å². The van der Waals surface area contributed by atoms with Gasteiger partial charge in [0.15, 0.2) is 29.2 Å². The first-order valence-electron chi connectivity index (χ1n) is 9.34. The van der Waals surface area contributed by atoms with Crippen LogP contribution in [0.4, 0.5) is 8.78 Å². The van der Waals surface area contributed by atoms with Gasteiger partial charge < -0.3 is 19.5 Å². The third-order valence-electron chi connectivity index (χ3n) is 5.09. The van der Waals surface area contributed by atoms with Crippen molar-refractivity contribution in [1.82, 2.24) is 10.3 Å². The summed E-state index contributed by atoms with van der Waals surface area (Å²) in [7, 11) is 0. The average Bonchev–Trinajstić information content (AvgIpc) is 3.40. The number of nitrogens with zero attached hydrogens (tertiary/aromatic N) is 1. The third kappa shape index (κ3) is 3.30. The van der Waals surface area contributed by atoms with Gasteiger partial charge in [-0.25, -0.2) is 13.8 Å². The van der Waals surface area contributed by atoms with E-state index in [-0.39, 0.29) is 19.2 Å². The number of aromatic nitrogens is 1. The molecule has 2 aliphatic rings. The number of carbonyl (C=O) groups excluding carboxylic acids is 1. The van der Waals surface area contributed by atoms with E-state index in [1.165, 1.54) is 6.07 Å². The maximum absolute atomic E-state index is 13.3. The Morgan fingerprint density at radius 1 is 1.07 bits per heavy atom. The lowest BCUT2D eigenvalue weighted by Gasteiger charge is -2.11. The number of benzene rings is 2. The number of carbonyl (C=O) groups is 1. The Morgan fingerprint density at radius 2 is 1.93 bits per heavy atom. The van der Waals surface area contributed by atoms with Gasteiger partial charge in [0, 0.05) is 24.7 Å². The van der Waals surface area contributed by atoms with E-state index in [9.17, 15) is 13.6 Å². The van der Waals surface area contributed by atoms with Gasteiger partial charge >= 0.3 is 0 Å². The second-order valence-corrected chi connectivity index (χ2v) is 6.99. The summed E-state index contributed by atoms with van der Waals surface area (Å²) < 4.78 is 42.9. The number of nitrogens with one attached hydrogen (secondary N) is 1. The molecule has 1 amide bonds. The molecule has 3 heterocycles. The molecule has 1 aromatic heterocycles. The lowest BCUT2D eigenvalue weighted by molar-refractivity contribution is -0.127. The second-order valence-electron chi connectivity index (χ2n) is 6.99. The van der Waals surface area contributed by atoms with Crippen LogP contribution < -0.4 is 19.5 Å².